The zero-order valence-corrected chi connectivity index (χ0v) is 13.6. The van der Waals surface area contributed by atoms with E-state index in [9.17, 15) is 14.4 Å². The molecule has 1 aromatic heterocycles. The van der Waals surface area contributed by atoms with Crippen molar-refractivity contribution in [1.82, 2.24) is 9.97 Å². The highest BCUT2D eigenvalue weighted by atomic mass is 16.5. The molecule has 2 heterocycles. The summed E-state index contributed by atoms with van der Waals surface area (Å²) in [6.45, 7) is 0. The predicted molar refractivity (Wildman–Crippen MR) is 89.3 cm³/mol. The normalized spacial score (nSPS) is 18.6. The number of rotatable bonds is 4. The van der Waals surface area contributed by atoms with Gasteiger partial charge in [0.2, 0.25) is 5.91 Å². The highest BCUT2D eigenvalue weighted by molar-refractivity contribution is 5.96. The Balaban J connectivity index is 1.61. The summed E-state index contributed by atoms with van der Waals surface area (Å²) in [5.41, 5.74) is 1.92. The highest BCUT2D eigenvalue weighted by Gasteiger charge is 2.34. The van der Waals surface area contributed by atoms with Crippen LogP contribution < -0.4 is 10.1 Å². The number of ether oxygens (including phenoxy) is 1. The van der Waals surface area contributed by atoms with E-state index in [1.54, 1.807) is 24.3 Å². The van der Waals surface area contributed by atoms with Crippen molar-refractivity contribution in [2.45, 2.75) is 19.3 Å². The van der Waals surface area contributed by atoms with Crippen molar-refractivity contribution < 1.29 is 24.2 Å². The molecule has 1 atom stereocenters. The fourth-order valence-electron chi connectivity index (χ4n) is 2.83. The third-order valence-electron chi connectivity index (χ3n) is 4.44. The SMILES string of the molecule is O=C(Nc1cc(-c2ccc3c(c2)CC(C(=O)O)C(=O)O3)ncn1)C1CC1. The van der Waals surface area contributed by atoms with Gasteiger partial charge in [0.05, 0.1) is 5.69 Å². The summed E-state index contributed by atoms with van der Waals surface area (Å²) in [5.74, 6) is -2.39. The minimum atomic E-state index is -1.21. The number of hydrogen-bond acceptors (Lipinski definition) is 6. The van der Waals surface area contributed by atoms with E-state index in [2.05, 4.69) is 15.3 Å². The first-order valence-electron chi connectivity index (χ1n) is 8.22. The lowest BCUT2D eigenvalue weighted by Crippen LogP contribution is -2.33. The molecule has 2 aromatic rings. The fourth-order valence-corrected chi connectivity index (χ4v) is 2.83. The van der Waals surface area contributed by atoms with Gasteiger partial charge in [-0.15, -0.1) is 0 Å². The van der Waals surface area contributed by atoms with Crippen LogP contribution in [0.15, 0.2) is 30.6 Å². The van der Waals surface area contributed by atoms with Gasteiger partial charge < -0.3 is 15.2 Å². The van der Waals surface area contributed by atoms with E-state index in [1.807, 2.05) is 0 Å². The van der Waals surface area contributed by atoms with Crippen LogP contribution in [0.2, 0.25) is 0 Å². The van der Waals surface area contributed by atoms with Gasteiger partial charge >= 0.3 is 11.9 Å². The number of nitrogens with one attached hydrogen (secondary N) is 1. The maximum Gasteiger partial charge on any atom is 0.326 e. The molecule has 0 bridgehead atoms. The van der Waals surface area contributed by atoms with Crippen LogP contribution in [0.5, 0.6) is 5.75 Å². The van der Waals surface area contributed by atoms with Crippen LogP contribution in [0.3, 0.4) is 0 Å². The Hall–Kier alpha value is -3.29. The molecule has 26 heavy (non-hydrogen) atoms. The number of nitrogens with zero attached hydrogens (tertiary/aromatic N) is 2. The molecule has 1 aromatic carbocycles. The van der Waals surface area contributed by atoms with Crippen LogP contribution in [-0.4, -0.2) is 32.9 Å². The molecule has 1 fully saturated rings. The van der Waals surface area contributed by atoms with Gasteiger partial charge in [0.15, 0.2) is 5.92 Å². The van der Waals surface area contributed by atoms with Crippen molar-refractivity contribution in [2.75, 3.05) is 5.32 Å². The first kappa shape index (κ1) is 16.2. The first-order valence-corrected chi connectivity index (χ1v) is 8.22. The molecule has 8 heteroatoms. The molecular formula is C18H15N3O5. The first-order chi connectivity index (χ1) is 12.5. The average molecular weight is 353 g/mol. The molecule has 1 unspecified atom stereocenters. The summed E-state index contributed by atoms with van der Waals surface area (Å²) in [4.78, 5) is 43.0. The summed E-state index contributed by atoms with van der Waals surface area (Å²) in [6.07, 6.45) is 3.22. The maximum absolute atomic E-state index is 11.9. The number of carboxylic acid groups (broad SMARTS) is 1. The van der Waals surface area contributed by atoms with E-state index in [0.29, 0.717) is 22.8 Å². The molecule has 1 aliphatic carbocycles. The second-order valence-electron chi connectivity index (χ2n) is 6.39. The molecular weight excluding hydrogens is 338 g/mol. The molecule has 1 amide bonds. The fraction of sp³-hybridized carbons (Fsp3) is 0.278. The molecule has 1 saturated carbocycles. The third-order valence-corrected chi connectivity index (χ3v) is 4.44. The standard InChI is InChI=1S/C18H15N3O5/c22-16(9-1-2-9)21-15-7-13(19-8-20-15)10-3-4-14-11(5-10)6-12(17(23)24)18(25)26-14/h3-5,7-9,12H,1-2,6H2,(H,23,24)(H,19,20,21,22). The Morgan fingerprint density at radius 2 is 2.00 bits per heavy atom. The number of benzene rings is 1. The molecule has 0 spiro atoms. The van der Waals surface area contributed by atoms with Gasteiger partial charge in [-0.1, -0.05) is 0 Å². The predicted octanol–water partition coefficient (Wildman–Crippen LogP) is 1.65. The number of esters is 1. The summed E-state index contributed by atoms with van der Waals surface area (Å²) >= 11 is 0. The minimum absolute atomic E-state index is 0.0451. The number of aliphatic carboxylic acids is 1. The Morgan fingerprint density at radius 1 is 1.19 bits per heavy atom. The molecule has 0 radical (unpaired) electrons. The number of amides is 1. The summed E-state index contributed by atoms with van der Waals surface area (Å²) < 4.78 is 5.10. The lowest BCUT2D eigenvalue weighted by Gasteiger charge is -2.21. The van der Waals surface area contributed by atoms with Crippen LogP contribution in [0.1, 0.15) is 18.4 Å². The Bertz CT molecular complexity index is 923. The largest absolute Gasteiger partial charge is 0.481 e. The molecule has 0 saturated heterocycles. The third kappa shape index (κ3) is 3.13. The Kier molecular flexibility index (Phi) is 3.87. The van der Waals surface area contributed by atoms with Gasteiger partial charge in [-0.25, -0.2) is 9.97 Å². The van der Waals surface area contributed by atoms with Crippen LogP contribution in [0, 0.1) is 11.8 Å². The van der Waals surface area contributed by atoms with E-state index in [1.165, 1.54) is 6.33 Å². The van der Waals surface area contributed by atoms with Gasteiger partial charge in [-0.05, 0) is 36.6 Å². The van der Waals surface area contributed by atoms with E-state index in [-0.39, 0.29) is 18.2 Å². The van der Waals surface area contributed by atoms with Crippen LogP contribution in [0.25, 0.3) is 11.3 Å². The zero-order valence-electron chi connectivity index (χ0n) is 13.6. The molecule has 8 nitrogen and oxygen atoms in total. The van der Waals surface area contributed by atoms with E-state index in [0.717, 1.165) is 18.4 Å². The van der Waals surface area contributed by atoms with Crippen molar-refractivity contribution in [1.29, 1.82) is 0 Å². The number of hydrogen-bond donors (Lipinski definition) is 2. The number of carbonyl (C=O) groups excluding carboxylic acids is 2. The van der Waals surface area contributed by atoms with Crippen molar-refractivity contribution in [3.8, 4) is 17.0 Å². The summed E-state index contributed by atoms with van der Waals surface area (Å²) in [7, 11) is 0. The maximum atomic E-state index is 11.9. The monoisotopic (exact) mass is 353 g/mol. The lowest BCUT2D eigenvalue weighted by molar-refractivity contribution is -0.153. The van der Waals surface area contributed by atoms with Gasteiger partial charge in [0.1, 0.15) is 17.9 Å². The zero-order chi connectivity index (χ0) is 18.3. The van der Waals surface area contributed by atoms with Gasteiger partial charge in [0, 0.05) is 24.0 Å². The number of aromatic nitrogens is 2. The molecule has 132 valence electrons. The summed E-state index contributed by atoms with van der Waals surface area (Å²) in [5, 5.41) is 11.9. The quantitative estimate of drug-likeness (QED) is 0.487. The average Bonchev–Trinajstić information content (AvgIpc) is 3.46. The lowest BCUT2D eigenvalue weighted by atomic mass is 9.94. The topological polar surface area (TPSA) is 118 Å². The number of carbonyl (C=O) groups is 3. The van der Waals surface area contributed by atoms with Crippen molar-refractivity contribution in [2.24, 2.45) is 11.8 Å². The van der Waals surface area contributed by atoms with Crippen molar-refractivity contribution >= 4 is 23.7 Å². The van der Waals surface area contributed by atoms with E-state index < -0.39 is 17.9 Å². The second-order valence-corrected chi connectivity index (χ2v) is 6.39. The van der Waals surface area contributed by atoms with E-state index >= 15 is 0 Å². The molecule has 2 aliphatic rings. The van der Waals surface area contributed by atoms with Gasteiger partial charge in [-0.2, -0.15) is 0 Å². The van der Waals surface area contributed by atoms with Gasteiger partial charge in [-0.3, -0.25) is 14.4 Å². The molecule has 4 rings (SSSR count). The molecule has 2 N–H and O–H groups in total. The number of carboxylic acids is 1. The van der Waals surface area contributed by atoms with Crippen LogP contribution >= 0.6 is 0 Å². The Morgan fingerprint density at radius 3 is 2.73 bits per heavy atom. The van der Waals surface area contributed by atoms with Crippen LogP contribution in [-0.2, 0) is 20.8 Å². The van der Waals surface area contributed by atoms with Crippen molar-refractivity contribution in [3.63, 3.8) is 0 Å². The minimum Gasteiger partial charge on any atom is -0.481 e. The van der Waals surface area contributed by atoms with Crippen molar-refractivity contribution in [3.05, 3.63) is 36.2 Å². The summed E-state index contributed by atoms with van der Waals surface area (Å²) in [6, 6.07) is 6.74. The van der Waals surface area contributed by atoms with E-state index in [4.69, 9.17) is 9.84 Å². The Labute approximate surface area is 148 Å². The van der Waals surface area contributed by atoms with Crippen LogP contribution in [0.4, 0.5) is 5.82 Å². The molecule has 1 aliphatic heterocycles. The second kappa shape index (κ2) is 6.21. The smallest absolute Gasteiger partial charge is 0.326 e. The highest BCUT2D eigenvalue weighted by Crippen LogP contribution is 2.33. The number of fused-ring (bicyclic) bond motifs is 1. The van der Waals surface area contributed by atoms with Gasteiger partial charge in [0.25, 0.3) is 0 Å². The number of anilines is 1.